The van der Waals surface area contributed by atoms with E-state index in [9.17, 15) is 4.79 Å². The Labute approximate surface area is 113 Å². The number of nitrogens with zero attached hydrogens (tertiary/aromatic N) is 2. The highest BCUT2D eigenvalue weighted by molar-refractivity contribution is 7.30. The van der Waals surface area contributed by atoms with Crippen molar-refractivity contribution < 1.29 is 9.53 Å². The predicted octanol–water partition coefficient (Wildman–Crippen LogP) is 2.71. The number of hydrogen-bond acceptors (Lipinski definition) is 6. The Morgan fingerprint density at radius 1 is 1.33 bits per heavy atom. The fourth-order valence-electron chi connectivity index (χ4n) is 2.10. The molecule has 1 aliphatic heterocycles. The Kier molecular flexibility index (Phi) is 3.09. The molecule has 0 N–H and O–H groups in total. The van der Waals surface area contributed by atoms with Crippen molar-refractivity contribution in [2.24, 2.45) is 0 Å². The Bertz CT molecular complexity index is 597. The molecule has 1 aliphatic rings. The Balaban J connectivity index is 1.99. The van der Waals surface area contributed by atoms with E-state index in [1.807, 2.05) is 6.92 Å². The quantitative estimate of drug-likeness (QED) is 0.794. The Morgan fingerprint density at radius 3 is 2.67 bits per heavy atom. The summed E-state index contributed by atoms with van der Waals surface area (Å²) in [5.74, 6) is 0.135. The number of aromatic nitrogens is 1. The van der Waals surface area contributed by atoms with E-state index in [1.165, 1.54) is 11.3 Å². The predicted molar refractivity (Wildman–Crippen MR) is 75.3 cm³/mol. The standard InChI is InChI=1S/C12H14N2O2S2/c1-7-9(8(2)15)17-11-10(7)18-12(13-11)14-3-5-16-6-4-14/h3-6H2,1-2H3. The van der Waals surface area contributed by atoms with Gasteiger partial charge in [0.05, 0.1) is 22.8 Å². The van der Waals surface area contributed by atoms with Crippen molar-refractivity contribution in [2.75, 3.05) is 31.2 Å². The fraction of sp³-hybridized carbons (Fsp3) is 0.500. The van der Waals surface area contributed by atoms with Crippen LogP contribution in [0.2, 0.25) is 0 Å². The van der Waals surface area contributed by atoms with Gasteiger partial charge in [-0.25, -0.2) is 4.98 Å². The maximum Gasteiger partial charge on any atom is 0.187 e. The van der Waals surface area contributed by atoms with Crippen LogP contribution in [0.4, 0.5) is 5.13 Å². The molecule has 3 rings (SSSR count). The molecule has 0 aliphatic carbocycles. The van der Waals surface area contributed by atoms with E-state index in [-0.39, 0.29) is 5.78 Å². The fourth-order valence-corrected chi connectivity index (χ4v) is 4.47. The van der Waals surface area contributed by atoms with Crippen LogP contribution in [-0.2, 0) is 4.74 Å². The molecule has 0 unspecified atom stereocenters. The summed E-state index contributed by atoms with van der Waals surface area (Å²) in [5, 5.41) is 1.05. The van der Waals surface area contributed by atoms with Gasteiger partial charge in [-0.1, -0.05) is 11.3 Å². The minimum atomic E-state index is 0.135. The molecule has 1 saturated heterocycles. The summed E-state index contributed by atoms with van der Waals surface area (Å²) in [4.78, 5) is 20.2. The van der Waals surface area contributed by atoms with Crippen molar-refractivity contribution in [2.45, 2.75) is 13.8 Å². The number of carbonyl (C=O) groups excluding carboxylic acids is 1. The minimum Gasteiger partial charge on any atom is -0.378 e. The topological polar surface area (TPSA) is 42.4 Å². The number of rotatable bonds is 2. The molecule has 0 spiro atoms. The third kappa shape index (κ3) is 1.94. The summed E-state index contributed by atoms with van der Waals surface area (Å²) in [7, 11) is 0. The summed E-state index contributed by atoms with van der Waals surface area (Å²) in [6.07, 6.45) is 0. The summed E-state index contributed by atoms with van der Waals surface area (Å²) in [5.41, 5.74) is 1.08. The second kappa shape index (κ2) is 4.60. The van der Waals surface area contributed by atoms with Crippen molar-refractivity contribution in [3.05, 3.63) is 10.4 Å². The number of ether oxygens (including phenoxy) is 1. The molecule has 1 fully saturated rings. The third-order valence-corrected chi connectivity index (χ3v) is 5.72. The molecule has 3 heterocycles. The Morgan fingerprint density at radius 2 is 2.06 bits per heavy atom. The van der Waals surface area contributed by atoms with E-state index in [0.717, 1.165) is 51.4 Å². The van der Waals surface area contributed by atoms with E-state index < -0.39 is 0 Å². The van der Waals surface area contributed by atoms with Crippen molar-refractivity contribution in [1.82, 2.24) is 4.98 Å². The molecule has 0 amide bonds. The molecule has 6 heteroatoms. The first-order chi connectivity index (χ1) is 8.66. The maximum atomic E-state index is 11.5. The number of Topliss-reactive ketones (excluding diaryl/α,β-unsaturated/α-hetero) is 1. The number of thiazole rings is 1. The van der Waals surface area contributed by atoms with Crippen molar-refractivity contribution >= 4 is 43.1 Å². The van der Waals surface area contributed by atoms with Crippen LogP contribution in [0.3, 0.4) is 0 Å². The van der Waals surface area contributed by atoms with Gasteiger partial charge in [0, 0.05) is 13.1 Å². The van der Waals surface area contributed by atoms with Crippen LogP contribution >= 0.6 is 22.7 Å². The highest BCUT2D eigenvalue weighted by Crippen LogP contribution is 2.38. The van der Waals surface area contributed by atoms with Gasteiger partial charge in [-0.15, -0.1) is 11.3 Å². The van der Waals surface area contributed by atoms with Crippen LogP contribution in [0.5, 0.6) is 0 Å². The molecule has 0 atom stereocenters. The average Bonchev–Trinajstić information content (AvgIpc) is 2.91. The third-order valence-electron chi connectivity index (χ3n) is 3.07. The molecule has 18 heavy (non-hydrogen) atoms. The van der Waals surface area contributed by atoms with Crippen LogP contribution in [0.15, 0.2) is 0 Å². The van der Waals surface area contributed by atoms with E-state index in [1.54, 1.807) is 18.3 Å². The van der Waals surface area contributed by atoms with Crippen molar-refractivity contribution in [1.29, 1.82) is 0 Å². The summed E-state index contributed by atoms with van der Waals surface area (Å²) in [6, 6.07) is 0. The van der Waals surface area contributed by atoms with Gasteiger partial charge < -0.3 is 9.64 Å². The molecule has 0 saturated carbocycles. The van der Waals surface area contributed by atoms with E-state index >= 15 is 0 Å². The molecule has 4 nitrogen and oxygen atoms in total. The minimum absolute atomic E-state index is 0.135. The zero-order chi connectivity index (χ0) is 12.7. The number of ketones is 1. The highest BCUT2D eigenvalue weighted by atomic mass is 32.1. The van der Waals surface area contributed by atoms with Gasteiger partial charge in [-0.3, -0.25) is 4.79 Å². The lowest BCUT2D eigenvalue weighted by Crippen LogP contribution is -2.36. The van der Waals surface area contributed by atoms with Gasteiger partial charge in [0.2, 0.25) is 0 Å². The van der Waals surface area contributed by atoms with Gasteiger partial charge in [0.15, 0.2) is 10.9 Å². The van der Waals surface area contributed by atoms with Crippen LogP contribution in [0.25, 0.3) is 9.53 Å². The summed E-state index contributed by atoms with van der Waals surface area (Å²) < 4.78 is 6.50. The number of fused-ring (bicyclic) bond motifs is 1. The lowest BCUT2D eigenvalue weighted by molar-refractivity contribution is 0.102. The number of anilines is 1. The zero-order valence-corrected chi connectivity index (χ0v) is 12.0. The smallest absolute Gasteiger partial charge is 0.187 e. The maximum absolute atomic E-state index is 11.5. The zero-order valence-electron chi connectivity index (χ0n) is 10.4. The van der Waals surface area contributed by atoms with E-state index in [4.69, 9.17) is 4.74 Å². The van der Waals surface area contributed by atoms with Gasteiger partial charge in [0.25, 0.3) is 0 Å². The summed E-state index contributed by atoms with van der Waals surface area (Å²) >= 11 is 3.19. The Hall–Kier alpha value is -0.980. The molecular weight excluding hydrogens is 268 g/mol. The number of aryl methyl sites for hydroxylation is 1. The van der Waals surface area contributed by atoms with Crippen molar-refractivity contribution in [3.63, 3.8) is 0 Å². The van der Waals surface area contributed by atoms with Crippen LogP contribution < -0.4 is 4.90 Å². The van der Waals surface area contributed by atoms with Crippen molar-refractivity contribution in [3.8, 4) is 0 Å². The van der Waals surface area contributed by atoms with Gasteiger partial charge in [-0.05, 0) is 19.4 Å². The van der Waals surface area contributed by atoms with Crippen LogP contribution in [0.1, 0.15) is 22.2 Å². The van der Waals surface area contributed by atoms with Crippen LogP contribution in [0, 0.1) is 6.92 Å². The van der Waals surface area contributed by atoms with Gasteiger partial charge in [0.1, 0.15) is 4.83 Å². The molecule has 2 aromatic heterocycles. The molecule has 96 valence electrons. The molecule has 0 bridgehead atoms. The second-order valence-electron chi connectivity index (χ2n) is 4.34. The normalized spacial score (nSPS) is 16.4. The summed E-state index contributed by atoms with van der Waals surface area (Å²) in [6.45, 7) is 6.97. The first-order valence-electron chi connectivity index (χ1n) is 5.90. The number of hydrogen-bond donors (Lipinski definition) is 0. The number of carbonyl (C=O) groups is 1. The van der Waals surface area contributed by atoms with E-state index in [2.05, 4.69) is 9.88 Å². The molecular formula is C12H14N2O2S2. The van der Waals surface area contributed by atoms with Gasteiger partial charge in [-0.2, -0.15) is 0 Å². The molecule has 0 radical (unpaired) electrons. The average molecular weight is 282 g/mol. The molecule has 0 aromatic carbocycles. The number of morpholine rings is 1. The first-order valence-corrected chi connectivity index (χ1v) is 7.53. The largest absolute Gasteiger partial charge is 0.378 e. The molecule has 2 aromatic rings. The van der Waals surface area contributed by atoms with Gasteiger partial charge >= 0.3 is 0 Å². The lowest BCUT2D eigenvalue weighted by Gasteiger charge is -2.25. The lowest BCUT2D eigenvalue weighted by atomic mass is 10.2. The van der Waals surface area contributed by atoms with E-state index in [0.29, 0.717) is 0 Å². The number of thiophene rings is 1. The first kappa shape index (κ1) is 12.1. The highest BCUT2D eigenvalue weighted by Gasteiger charge is 2.20. The SMILES string of the molecule is CC(=O)c1sc2nc(N3CCOCC3)sc2c1C. The monoisotopic (exact) mass is 282 g/mol. The van der Waals surface area contributed by atoms with Crippen LogP contribution in [-0.4, -0.2) is 37.1 Å². The second-order valence-corrected chi connectivity index (χ2v) is 6.32.